The SMILES string of the molecule is COC(=O)C1NC2CCC1CC2. The second-order valence-electron chi connectivity index (χ2n) is 3.78. The highest BCUT2D eigenvalue weighted by Gasteiger charge is 2.39. The Morgan fingerprint density at radius 3 is 2.42 bits per heavy atom. The Balaban J connectivity index is 2.03. The third kappa shape index (κ3) is 1.22. The predicted molar refractivity (Wildman–Crippen MR) is 44.7 cm³/mol. The summed E-state index contributed by atoms with van der Waals surface area (Å²) in [5.41, 5.74) is 0. The molecule has 3 heteroatoms. The van der Waals surface area contributed by atoms with Gasteiger partial charge in [0, 0.05) is 6.04 Å². The number of rotatable bonds is 1. The zero-order chi connectivity index (χ0) is 8.55. The van der Waals surface area contributed by atoms with Gasteiger partial charge in [-0.05, 0) is 31.6 Å². The van der Waals surface area contributed by atoms with Crippen LogP contribution >= 0.6 is 0 Å². The fourth-order valence-corrected chi connectivity index (χ4v) is 2.40. The van der Waals surface area contributed by atoms with Crippen LogP contribution in [-0.4, -0.2) is 25.2 Å². The van der Waals surface area contributed by atoms with Crippen molar-refractivity contribution < 1.29 is 9.53 Å². The first-order chi connectivity index (χ1) is 5.81. The number of piperidine rings is 2. The summed E-state index contributed by atoms with van der Waals surface area (Å²) in [6.45, 7) is 0. The molecule has 1 N–H and O–H groups in total. The van der Waals surface area contributed by atoms with Crippen molar-refractivity contribution in [3.63, 3.8) is 0 Å². The lowest BCUT2D eigenvalue weighted by Crippen LogP contribution is -2.56. The smallest absolute Gasteiger partial charge is 0.323 e. The molecule has 2 heterocycles. The van der Waals surface area contributed by atoms with Crippen LogP contribution in [-0.2, 0) is 9.53 Å². The molecule has 68 valence electrons. The first-order valence-corrected chi connectivity index (χ1v) is 4.65. The van der Waals surface area contributed by atoms with Crippen molar-refractivity contribution in [3.05, 3.63) is 0 Å². The Labute approximate surface area is 72.5 Å². The van der Waals surface area contributed by atoms with Crippen molar-refractivity contribution in [2.75, 3.05) is 7.11 Å². The van der Waals surface area contributed by atoms with Crippen molar-refractivity contribution in [1.29, 1.82) is 0 Å². The third-order valence-electron chi connectivity index (χ3n) is 3.11. The van der Waals surface area contributed by atoms with E-state index in [1.165, 1.54) is 32.8 Å². The van der Waals surface area contributed by atoms with Gasteiger partial charge in [-0.1, -0.05) is 0 Å². The van der Waals surface area contributed by atoms with Crippen molar-refractivity contribution >= 4 is 5.97 Å². The molecule has 3 nitrogen and oxygen atoms in total. The van der Waals surface area contributed by atoms with Crippen LogP contribution in [0.25, 0.3) is 0 Å². The average Bonchev–Trinajstić information content (AvgIpc) is 2.18. The maximum absolute atomic E-state index is 11.3. The molecule has 3 fully saturated rings. The highest BCUT2D eigenvalue weighted by Crippen LogP contribution is 2.33. The lowest BCUT2D eigenvalue weighted by molar-refractivity contribution is -0.147. The molecule has 1 saturated carbocycles. The van der Waals surface area contributed by atoms with Crippen molar-refractivity contribution in [2.24, 2.45) is 5.92 Å². The Morgan fingerprint density at radius 2 is 2.00 bits per heavy atom. The highest BCUT2D eigenvalue weighted by atomic mass is 16.5. The van der Waals surface area contributed by atoms with Gasteiger partial charge < -0.3 is 10.1 Å². The molecule has 1 aliphatic carbocycles. The van der Waals surface area contributed by atoms with E-state index in [-0.39, 0.29) is 12.0 Å². The Bertz CT molecular complexity index is 185. The summed E-state index contributed by atoms with van der Waals surface area (Å²) >= 11 is 0. The summed E-state index contributed by atoms with van der Waals surface area (Å²) in [5, 5.41) is 3.33. The van der Waals surface area contributed by atoms with Crippen molar-refractivity contribution in [1.82, 2.24) is 5.32 Å². The fourth-order valence-electron chi connectivity index (χ4n) is 2.40. The van der Waals surface area contributed by atoms with Crippen molar-refractivity contribution in [3.8, 4) is 0 Å². The molecular formula is C9H15NO2. The van der Waals surface area contributed by atoms with E-state index in [0.717, 1.165) is 0 Å². The van der Waals surface area contributed by atoms with Gasteiger partial charge in [-0.25, -0.2) is 0 Å². The summed E-state index contributed by atoms with van der Waals surface area (Å²) < 4.78 is 4.74. The van der Waals surface area contributed by atoms with E-state index >= 15 is 0 Å². The summed E-state index contributed by atoms with van der Waals surface area (Å²) in [4.78, 5) is 11.3. The summed E-state index contributed by atoms with van der Waals surface area (Å²) in [5.74, 6) is 0.451. The largest absolute Gasteiger partial charge is 0.468 e. The molecule has 0 amide bonds. The number of methoxy groups -OCH3 is 1. The number of fused-ring (bicyclic) bond motifs is 3. The predicted octanol–water partition coefficient (Wildman–Crippen LogP) is 0.690. The molecule has 3 rings (SSSR count). The van der Waals surface area contributed by atoms with E-state index in [1.54, 1.807) is 0 Å². The quantitative estimate of drug-likeness (QED) is 0.587. The molecule has 3 aliphatic rings. The minimum absolute atomic E-state index is 0.0116. The summed E-state index contributed by atoms with van der Waals surface area (Å²) in [6, 6.07) is 0.557. The summed E-state index contributed by atoms with van der Waals surface area (Å²) in [7, 11) is 1.46. The van der Waals surface area contributed by atoms with Gasteiger partial charge in [-0.2, -0.15) is 0 Å². The molecule has 0 radical (unpaired) electrons. The number of ether oxygens (including phenoxy) is 1. The molecule has 1 unspecified atom stereocenters. The third-order valence-corrected chi connectivity index (χ3v) is 3.11. The second-order valence-corrected chi connectivity index (χ2v) is 3.78. The van der Waals surface area contributed by atoms with E-state index in [2.05, 4.69) is 5.32 Å². The minimum atomic E-state index is -0.0793. The number of carbonyl (C=O) groups is 1. The maximum Gasteiger partial charge on any atom is 0.323 e. The lowest BCUT2D eigenvalue weighted by atomic mass is 9.76. The fraction of sp³-hybridized carbons (Fsp3) is 0.889. The number of nitrogens with one attached hydrogen (secondary N) is 1. The first kappa shape index (κ1) is 8.05. The average molecular weight is 169 g/mol. The second kappa shape index (κ2) is 3.05. The standard InChI is InChI=1S/C9H15NO2/c1-12-9(11)8-6-2-4-7(10-8)5-3-6/h6-8,10H,2-5H2,1H3. The minimum Gasteiger partial charge on any atom is -0.468 e. The van der Waals surface area contributed by atoms with Gasteiger partial charge in [0.05, 0.1) is 7.11 Å². The lowest BCUT2D eigenvalue weighted by Gasteiger charge is -2.41. The van der Waals surface area contributed by atoms with Crippen LogP contribution in [0.1, 0.15) is 25.7 Å². The number of hydrogen-bond acceptors (Lipinski definition) is 3. The monoisotopic (exact) mass is 169 g/mol. The molecule has 2 bridgehead atoms. The molecule has 1 atom stereocenters. The molecule has 2 saturated heterocycles. The van der Waals surface area contributed by atoms with E-state index < -0.39 is 0 Å². The van der Waals surface area contributed by atoms with Crippen LogP contribution in [0.3, 0.4) is 0 Å². The van der Waals surface area contributed by atoms with Gasteiger partial charge in [0.2, 0.25) is 0 Å². The zero-order valence-electron chi connectivity index (χ0n) is 7.38. The highest BCUT2D eigenvalue weighted by molar-refractivity contribution is 5.76. The van der Waals surface area contributed by atoms with Crippen molar-refractivity contribution in [2.45, 2.75) is 37.8 Å². The van der Waals surface area contributed by atoms with Crippen LogP contribution in [0, 0.1) is 5.92 Å². The van der Waals surface area contributed by atoms with Crippen LogP contribution in [0.5, 0.6) is 0 Å². The van der Waals surface area contributed by atoms with E-state index in [0.29, 0.717) is 12.0 Å². The van der Waals surface area contributed by atoms with Gasteiger partial charge >= 0.3 is 5.97 Å². The molecule has 0 aromatic heterocycles. The topological polar surface area (TPSA) is 38.3 Å². The molecular weight excluding hydrogens is 154 g/mol. The number of hydrogen-bond donors (Lipinski definition) is 1. The van der Waals surface area contributed by atoms with Gasteiger partial charge in [-0.15, -0.1) is 0 Å². The maximum atomic E-state index is 11.3. The van der Waals surface area contributed by atoms with Gasteiger partial charge in [0.15, 0.2) is 0 Å². The van der Waals surface area contributed by atoms with E-state index in [9.17, 15) is 4.79 Å². The van der Waals surface area contributed by atoms with Crippen LogP contribution in [0.15, 0.2) is 0 Å². The van der Waals surface area contributed by atoms with Gasteiger partial charge in [-0.3, -0.25) is 4.79 Å². The van der Waals surface area contributed by atoms with Crippen LogP contribution in [0.4, 0.5) is 0 Å². The van der Waals surface area contributed by atoms with Gasteiger partial charge in [0.1, 0.15) is 6.04 Å². The van der Waals surface area contributed by atoms with E-state index in [1.807, 2.05) is 0 Å². The summed E-state index contributed by atoms with van der Waals surface area (Å²) in [6.07, 6.45) is 4.85. The molecule has 2 aliphatic heterocycles. The Hall–Kier alpha value is -0.570. The normalized spacial score (nSPS) is 39.6. The molecule has 0 aromatic rings. The number of carbonyl (C=O) groups excluding carboxylic acids is 1. The Kier molecular flexibility index (Phi) is 2.05. The number of esters is 1. The first-order valence-electron chi connectivity index (χ1n) is 4.65. The Morgan fingerprint density at radius 1 is 1.33 bits per heavy atom. The molecule has 0 spiro atoms. The van der Waals surface area contributed by atoms with E-state index in [4.69, 9.17) is 4.74 Å². The van der Waals surface area contributed by atoms with Gasteiger partial charge in [0.25, 0.3) is 0 Å². The molecule has 0 aromatic carbocycles. The molecule has 12 heavy (non-hydrogen) atoms. The van der Waals surface area contributed by atoms with Crippen LogP contribution in [0.2, 0.25) is 0 Å². The van der Waals surface area contributed by atoms with Crippen LogP contribution < -0.4 is 5.32 Å². The zero-order valence-corrected chi connectivity index (χ0v) is 7.38.